The summed E-state index contributed by atoms with van der Waals surface area (Å²) < 4.78 is 0. The number of carbonyl (C=O) groups is 1. The van der Waals surface area contributed by atoms with Gasteiger partial charge < -0.3 is 10.3 Å². The number of aromatic nitrogens is 2. The molecule has 1 aromatic heterocycles. The van der Waals surface area contributed by atoms with Crippen LogP contribution in [0.2, 0.25) is 0 Å². The minimum atomic E-state index is -0.390. The SMILES string of the molecule is C=CCCNC(=O)c1c(C)nc(C(C)C)[nH]c1=O. The minimum Gasteiger partial charge on any atom is -0.351 e. The van der Waals surface area contributed by atoms with Crippen LogP contribution in [0.3, 0.4) is 0 Å². The number of hydrogen-bond donors (Lipinski definition) is 2. The van der Waals surface area contributed by atoms with E-state index in [-0.39, 0.29) is 17.0 Å². The predicted molar refractivity (Wildman–Crippen MR) is 70.8 cm³/mol. The van der Waals surface area contributed by atoms with E-state index in [1.54, 1.807) is 13.0 Å². The van der Waals surface area contributed by atoms with E-state index in [0.717, 1.165) is 0 Å². The third-order valence-electron chi connectivity index (χ3n) is 2.53. The van der Waals surface area contributed by atoms with Crippen molar-refractivity contribution in [1.82, 2.24) is 15.3 Å². The fourth-order valence-electron chi connectivity index (χ4n) is 1.52. The monoisotopic (exact) mass is 249 g/mol. The second kappa shape index (κ2) is 6.14. The summed E-state index contributed by atoms with van der Waals surface area (Å²) in [6.07, 6.45) is 2.37. The molecule has 0 aliphatic rings. The smallest absolute Gasteiger partial charge is 0.264 e. The topological polar surface area (TPSA) is 74.8 Å². The summed E-state index contributed by atoms with van der Waals surface area (Å²) >= 11 is 0. The Hall–Kier alpha value is -1.91. The zero-order chi connectivity index (χ0) is 13.7. The molecule has 1 rings (SSSR count). The second-order valence-corrected chi connectivity index (χ2v) is 4.40. The number of hydrogen-bond acceptors (Lipinski definition) is 3. The van der Waals surface area contributed by atoms with Crippen molar-refractivity contribution in [2.45, 2.75) is 33.1 Å². The molecule has 5 nitrogen and oxygen atoms in total. The van der Waals surface area contributed by atoms with Gasteiger partial charge in [-0.2, -0.15) is 0 Å². The van der Waals surface area contributed by atoms with Gasteiger partial charge >= 0.3 is 0 Å². The maximum Gasteiger partial charge on any atom is 0.264 e. The van der Waals surface area contributed by atoms with Gasteiger partial charge in [0.05, 0.1) is 5.69 Å². The van der Waals surface area contributed by atoms with Gasteiger partial charge in [-0.05, 0) is 13.3 Å². The zero-order valence-electron chi connectivity index (χ0n) is 11.0. The van der Waals surface area contributed by atoms with Crippen molar-refractivity contribution in [2.24, 2.45) is 0 Å². The van der Waals surface area contributed by atoms with Crippen LogP contribution < -0.4 is 10.9 Å². The number of aromatic amines is 1. The Kier molecular flexibility index (Phi) is 4.83. The van der Waals surface area contributed by atoms with Gasteiger partial charge in [-0.25, -0.2) is 4.98 Å². The number of aryl methyl sites for hydroxylation is 1. The Morgan fingerprint density at radius 1 is 1.56 bits per heavy atom. The lowest BCUT2D eigenvalue weighted by atomic mass is 10.1. The largest absolute Gasteiger partial charge is 0.351 e. The van der Waals surface area contributed by atoms with E-state index in [1.165, 1.54) is 0 Å². The molecule has 0 saturated heterocycles. The summed E-state index contributed by atoms with van der Waals surface area (Å²) in [5.41, 5.74) is 0.157. The Labute approximate surface area is 106 Å². The van der Waals surface area contributed by atoms with E-state index < -0.39 is 5.91 Å². The molecule has 0 aromatic carbocycles. The average Bonchev–Trinajstić information content (AvgIpc) is 2.28. The number of carbonyl (C=O) groups excluding carboxylic acids is 1. The maximum atomic E-state index is 11.9. The highest BCUT2D eigenvalue weighted by Crippen LogP contribution is 2.08. The summed E-state index contributed by atoms with van der Waals surface area (Å²) in [4.78, 5) is 30.6. The molecule has 1 amide bonds. The van der Waals surface area contributed by atoms with Crippen LogP contribution >= 0.6 is 0 Å². The standard InChI is InChI=1S/C13H19N3O2/c1-5-6-7-14-12(17)10-9(4)15-11(8(2)3)16-13(10)18/h5,8H,1,6-7H2,2-4H3,(H,14,17)(H,15,16,18). The highest BCUT2D eigenvalue weighted by Gasteiger charge is 2.16. The first-order valence-corrected chi connectivity index (χ1v) is 5.97. The predicted octanol–water partition coefficient (Wildman–Crippen LogP) is 1.51. The first-order chi connectivity index (χ1) is 8.47. The van der Waals surface area contributed by atoms with Crippen LogP contribution in [-0.2, 0) is 0 Å². The first-order valence-electron chi connectivity index (χ1n) is 5.97. The van der Waals surface area contributed by atoms with Crippen molar-refractivity contribution in [2.75, 3.05) is 6.54 Å². The van der Waals surface area contributed by atoms with Crippen LogP contribution in [0.5, 0.6) is 0 Å². The van der Waals surface area contributed by atoms with Gasteiger partial charge in [0, 0.05) is 12.5 Å². The van der Waals surface area contributed by atoms with Gasteiger partial charge in [0.15, 0.2) is 0 Å². The van der Waals surface area contributed by atoms with Crippen LogP contribution in [0.4, 0.5) is 0 Å². The molecule has 1 heterocycles. The minimum absolute atomic E-state index is 0.0865. The van der Waals surface area contributed by atoms with Crippen molar-refractivity contribution < 1.29 is 4.79 Å². The molecule has 0 unspecified atom stereocenters. The molecule has 0 bridgehead atoms. The molecule has 0 fully saturated rings. The second-order valence-electron chi connectivity index (χ2n) is 4.40. The average molecular weight is 249 g/mol. The molecule has 2 N–H and O–H groups in total. The summed E-state index contributed by atoms with van der Waals surface area (Å²) in [6.45, 7) is 9.56. The molecule has 0 aliphatic heterocycles. The van der Waals surface area contributed by atoms with E-state index in [9.17, 15) is 9.59 Å². The van der Waals surface area contributed by atoms with Crippen molar-refractivity contribution in [1.29, 1.82) is 0 Å². The molecule has 0 radical (unpaired) electrons. The lowest BCUT2D eigenvalue weighted by Gasteiger charge is -2.09. The third-order valence-corrected chi connectivity index (χ3v) is 2.53. The molecule has 18 heavy (non-hydrogen) atoms. The summed E-state index contributed by atoms with van der Waals surface area (Å²) in [5.74, 6) is 0.327. The van der Waals surface area contributed by atoms with Crippen LogP contribution in [0.15, 0.2) is 17.4 Å². The Bertz CT molecular complexity index is 503. The number of amides is 1. The first kappa shape index (κ1) is 14.2. The van der Waals surface area contributed by atoms with Gasteiger partial charge in [-0.1, -0.05) is 19.9 Å². The van der Waals surface area contributed by atoms with Crippen LogP contribution in [0.25, 0.3) is 0 Å². The fourth-order valence-corrected chi connectivity index (χ4v) is 1.52. The van der Waals surface area contributed by atoms with E-state index >= 15 is 0 Å². The highest BCUT2D eigenvalue weighted by molar-refractivity contribution is 5.94. The van der Waals surface area contributed by atoms with E-state index in [1.807, 2.05) is 13.8 Å². The number of nitrogens with one attached hydrogen (secondary N) is 2. The molecule has 0 aliphatic carbocycles. The van der Waals surface area contributed by atoms with E-state index in [2.05, 4.69) is 21.9 Å². The molecule has 5 heteroatoms. The van der Waals surface area contributed by atoms with Crippen molar-refractivity contribution >= 4 is 5.91 Å². The third kappa shape index (κ3) is 3.29. The fraction of sp³-hybridized carbons (Fsp3) is 0.462. The van der Waals surface area contributed by atoms with E-state index in [0.29, 0.717) is 24.5 Å². The van der Waals surface area contributed by atoms with E-state index in [4.69, 9.17) is 0 Å². The Morgan fingerprint density at radius 2 is 2.22 bits per heavy atom. The molecular weight excluding hydrogens is 230 g/mol. The lowest BCUT2D eigenvalue weighted by molar-refractivity contribution is 0.0951. The molecule has 0 atom stereocenters. The Balaban J connectivity index is 2.99. The van der Waals surface area contributed by atoms with Crippen LogP contribution in [0.1, 0.15) is 48.1 Å². The molecular formula is C13H19N3O2. The lowest BCUT2D eigenvalue weighted by Crippen LogP contribution is -2.32. The summed E-state index contributed by atoms with van der Waals surface area (Å²) in [7, 11) is 0. The zero-order valence-corrected chi connectivity index (χ0v) is 11.0. The maximum absolute atomic E-state index is 11.9. The summed E-state index contributed by atoms with van der Waals surface area (Å²) in [6, 6.07) is 0. The van der Waals surface area contributed by atoms with Crippen LogP contribution in [-0.4, -0.2) is 22.4 Å². The number of nitrogens with zero attached hydrogens (tertiary/aromatic N) is 1. The van der Waals surface area contributed by atoms with Crippen molar-refractivity contribution in [3.05, 3.63) is 40.1 Å². The quantitative estimate of drug-likeness (QED) is 0.613. The van der Waals surface area contributed by atoms with Gasteiger partial charge in [-0.15, -0.1) is 6.58 Å². The number of rotatable bonds is 5. The Morgan fingerprint density at radius 3 is 2.72 bits per heavy atom. The van der Waals surface area contributed by atoms with Gasteiger partial charge in [0.1, 0.15) is 11.4 Å². The molecule has 0 saturated carbocycles. The molecule has 98 valence electrons. The normalized spacial score (nSPS) is 10.4. The number of H-pyrrole nitrogens is 1. The highest BCUT2D eigenvalue weighted by atomic mass is 16.2. The molecule has 1 aromatic rings. The summed E-state index contributed by atoms with van der Waals surface area (Å²) in [5, 5.41) is 2.66. The van der Waals surface area contributed by atoms with Gasteiger partial charge in [0.2, 0.25) is 0 Å². The van der Waals surface area contributed by atoms with Crippen molar-refractivity contribution in [3.8, 4) is 0 Å². The molecule has 0 spiro atoms. The van der Waals surface area contributed by atoms with Crippen LogP contribution in [0, 0.1) is 6.92 Å². The van der Waals surface area contributed by atoms with Gasteiger partial charge in [0.25, 0.3) is 11.5 Å². The van der Waals surface area contributed by atoms with Gasteiger partial charge in [-0.3, -0.25) is 9.59 Å². The van der Waals surface area contributed by atoms with Crippen molar-refractivity contribution in [3.63, 3.8) is 0 Å².